The first-order valence-electron chi connectivity index (χ1n) is 7.11. The van der Waals surface area contributed by atoms with Crippen LogP contribution in [0.1, 0.15) is 59.8 Å². The van der Waals surface area contributed by atoms with E-state index in [-0.39, 0.29) is 5.60 Å². The second-order valence-corrected chi connectivity index (χ2v) is 5.83. The minimum absolute atomic E-state index is 0.0830. The molecule has 1 rings (SSSR count). The average molecular weight is 266 g/mol. The van der Waals surface area contributed by atoms with E-state index in [1.165, 1.54) is 11.6 Å². The summed E-state index contributed by atoms with van der Waals surface area (Å²) in [5.74, 6) is -0.856. The fourth-order valence-electron chi connectivity index (χ4n) is 2.27. The smallest absolute Gasteiger partial charge is 0.328 e. The zero-order chi connectivity index (χ0) is 14.5. The summed E-state index contributed by atoms with van der Waals surface area (Å²) in [6, 6.07) is 0. The number of rotatable bonds is 8. The van der Waals surface area contributed by atoms with E-state index < -0.39 is 5.97 Å². The minimum Gasteiger partial charge on any atom is -0.478 e. The third-order valence-electron chi connectivity index (χ3n) is 3.69. The molecule has 1 aliphatic rings. The van der Waals surface area contributed by atoms with Gasteiger partial charge in [-0.1, -0.05) is 24.1 Å². The summed E-state index contributed by atoms with van der Waals surface area (Å²) in [4.78, 5) is 10.5. The zero-order valence-corrected chi connectivity index (χ0v) is 12.5. The first-order chi connectivity index (χ1) is 8.85. The van der Waals surface area contributed by atoms with Gasteiger partial charge < -0.3 is 9.84 Å². The van der Waals surface area contributed by atoms with Gasteiger partial charge in [-0.3, -0.25) is 0 Å². The van der Waals surface area contributed by atoms with Gasteiger partial charge in [0, 0.05) is 6.08 Å². The molecule has 1 heterocycles. The third kappa shape index (κ3) is 6.06. The van der Waals surface area contributed by atoms with Crippen molar-refractivity contribution in [3.63, 3.8) is 0 Å². The summed E-state index contributed by atoms with van der Waals surface area (Å²) < 4.78 is 5.58. The van der Waals surface area contributed by atoms with Crippen molar-refractivity contribution in [1.29, 1.82) is 0 Å². The summed E-state index contributed by atoms with van der Waals surface area (Å²) in [5, 5.41) is 8.63. The van der Waals surface area contributed by atoms with E-state index in [1.807, 2.05) is 6.92 Å². The SMILES string of the molecule is CC/C(=C\CC/C(C)=C/C(=O)O)CC[C@H]1OC1(C)C. The maximum Gasteiger partial charge on any atom is 0.328 e. The van der Waals surface area contributed by atoms with Crippen LogP contribution >= 0.6 is 0 Å². The molecule has 1 saturated heterocycles. The molecule has 1 N–H and O–H groups in total. The topological polar surface area (TPSA) is 49.8 Å². The van der Waals surface area contributed by atoms with Gasteiger partial charge in [-0.05, 0) is 52.9 Å². The van der Waals surface area contributed by atoms with E-state index in [4.69, 9.17) is 9.84 Å². The Balaban J connectivity index is 2.30. The molecule has 19 heavy (non-hydrogen) atoms. The minimum atomic E-state index is -0.856. The van der Waals surface area contributed by atoms with Crippen molar-refractivity contribution < 1.29 is 14.6 Å². The summed E-state index contributed by atoms with van der Waals surface area (Å²) >= 11 is 0. The van der Waals surface area contributed by atoms with E-state index in [2.05, 4.69) is 26.8 Å². The number of epoxide rings is 1. The molecule has 1 aliphatic heterocycles. The van der Waals surface area contributed by atoms with Crippen molar-refractivity contribution in [2.24, 2.45) is 0 Å². The fourth-order valence-corrected chi connectivity index (χ4v) is 2.27. The number of hydrogen-bond acceptors (Lipinski definition) is 2. The van der Waals surface area contributed by atoms with Crippen LogP contribution in [0.5, 0.6) is 0 Å². The molecule has 0 bridgehead atoms. The zero-order valence-electron chi connectivity index (χ0n) is 12.5. The Morgan fingerprint density at radius 1 is 1.37 bits per heavy atom. The van der Waals surface area contributed by atoms with Gasteiger partial charge >= 0.3 is 5.97 Å². The molecule has 3 nitrogen and oxygen atoms in total. The van der Waals surface area contributed by atoms with E-state index >= 15 is 0 Å². The normalized spacial score (nSPS) is 22.4. The molecule has 1 atom stereocenters. The Kier molecular flexibility index (Phi) is 5.80. The first kappa shape index (κ1) is 16.0. The van der Waals surface area contributed by atoms with Crippen LogP contribution in [0.4, 0.5) is 0 Å². The lowest BCUT2D eigenvalue weighted by atomic mass is 9.99. The highest BCUT2D eigenvalue weighted by Gasteiger charge is 2.46. The molecule has 0 spiro atoms. The van der Waals surface area contributed by atoms with Gasteiger partial charge in [0.25, 0.3) is 0 Å². The molecule has 1 fully saturated rings. The number of hydrogen-bond donors (Lipinski definition) is 1. The molecule has 108 valence electrons. The summed E-state index contributed by atoms with van der Waals surface area (Å²) in [7, 11) is 0. The number of ether oxygens (including phenoxy) is 1. The second-order valence-electron chi connectivity index (χ2n) is 5.83. The lowest BCUT2D eigenvalue weighted by Crippen LogP contribution is -2.02. The molecule has 0 radical (unpaired) electrons. The Morgan fingerprint density at radius 3 is 2.47 bits per heavy atom. The van der Waals surface area contributed by atoms with Gasteiger partial charge in [-0.25, -0.2) is 4.79 Å². The molecule has 0 aromatic rings. The van der Waals surface area contributed by atoms with Crippen molar-refractivity contribution in [2.75, 3.05) is 0 Å². The molecule has 0 aromatic carbocycles. The van der Waals surface area contributed by atoms with Crippen LogP contribution in [0.15, 0.2) is 23.3 Å². The second kappa shape index (κ2) is 6.90. The average Bonchev–Trinajstić information content (AvgIpc) is 2.90. The fraction of sp³-hybridized carbons (Fsp3) is 0.688. The maximum atomic E-state index is 10.5. The third-order valence-corrected chi connectivity index (χ3v) is 3.69. The van der Waals surface area contributed by atoms with Crippen molar-refractivity contribution in [3.8, 4) is 0 Å². The van der Waals surface area contributed by atoms with E-state index in [1.54, 1.807) is 0 Å². The molecule has 0 aromatic heterocycles. The summed E-state index contributed by atoms with van der Waals surface area (Å²) in [5.41, 5.74) is 2.46. The van der Waals surface area contributed by atoms with Gasteiger partial charge in [0.2, 0.25) is 0 Å². The van der Waals surface area contributed by atoms with Crippen molar-refractivity contribution in [1.82, 2.24) is 0 Å². The van der Waals surface area contributed by atoms with Gasteiger partial charge in [-0.15, -0.1) is 0 Å². The van der Waals surface area contributed by atoms with Crippen LogP contribution in [0.25, 0.3) is 0 Å². The van der Waals surface area contributed by atoms with Crippen LogP contribution in [0.3, 0.4) is 0 Å². The lowest BCUT2D eigenvalue weighted by molar-refractivity contribution is -0.131. The molecule has 0 aliphatic carbocycles. The Bertz CT molecular complexity index is 377. The monoisotopic (exact) mass is 266 g/mol. The number of aliphatic carboxylic acids is 1. The highest BCUT2D eigenvalue weighted by atomic mass is 16.6. The van der Waals surface area contributed by atoms with Gasteiger partial charge in [0.05, 0.1) is 11.7 Å². The Labute approximate surface area is 116 Å². The predicted molar refractivity (Wildman–Crippen MR) is 77.2 cm³/mol. The summed E-state index contributed by atoms with van der Waals surface area (Å²) in [6.07, 6.45) is 8.96. The molecule has 0 saturated carbocycles. The molecule has 3 heteroatoms. The van der Waals surface area contributed by atoms with Gasteiger partial charge in [-0.2, -0.15) is 0 Å². The number of allylic oxidation sites excluding steroid dienone is 3. The van der Waals surface area contributed by atoms with Crippen molar-refractivity contribution in [3.05, 3.63) is 23.3 Å². The predicted octanol–water partition coefficient (Wildman–Crippen LogP) is 4.09. The van der Waals surface area contributed by atoms with Crippen LogP contribution in [-0.2, 0) is 9.53 Å². The summed E-state index contributed by atoms with van der Waals surface area (Å²) in [6.45, 7) is 8.30. The lowest BCUT2D eigenvalue weighted by Gasteiger charge is -2.04. The van der Waals surface area contributed by atoms with Crippen LogP contribution in [0, 0.1) is 0 Å². The van der Waals surface area contributed by atoms with E-state index in [9.17, 15) is 4.79 Å². The molecule has 0 unspecified atom stereocenters. The van der Waals surface area contributed by atoms with E-state index in [0.717, 1.165) is 37.7 Å². The maximum absolute atomic E-state index is 10.5. The van der Waals surface area contributed by atoms with Gasteiger partial charge in [0.15, 0.2) is 0 Å². The molecular formula is C16H26O3. The Morgan fingerprint density at radius 2 is 2.00 bits per heavy atom. The standard InChI is InChI=1S/C16H26O3/c1-5-13(9-10-14-16(3,4)19-14)8-6-7-12(2)11-15(17)18/h8,11,14H,5-7,9-10H2,1-4H3,(H,17,18)/b12-11+,13-8+/t14-/m1/s1. The molecular weight excluding hydrogens is 240 g/mol. The highest BCUT2D eigenvalue weighted by Crippen LogP contribution is 2.39. The van der Waals surface area contributed by atoms with Crippen molar-refractivity contribution >= 4 is 5.97 Å². The Hall–Kier alpha value is -1.09. The molecule has 0 amide bonds. The van der Waals surface area contributed by atoms with Crippen LogP contribution in [-0.4, -0.2) is 22.8 Å². The quantitative estimate of drug-likeness (QED) is 0.409. The number of carboxylic acid groups (broad SMARTS) is 1. The van der Waals surface area contributed by atoms with Crippen molar-refractivity contribution in [2.45, 2.75) is 71.5 Å². The largest absolute Gasteiger partial charge is 0.478 e. The highest BCUT2D eigenvalue weighted by molar-refractivity contribution is 5.80. The van der Waals surface area contributed by atoms with Crippen LogP contribution < -0.4 is 0 Å². The van der Waals surface area contributed by atoms with Gasteiger partial charge in [0.1, 0.15) is 0 Å². The number of carboxylic acids is 1. The van der Waals surface area contributed by atoms with Crippen LogP contribution in [0.2, 0.25) is 0 Å². The number of carbonyl (C=O) groups is 1. The van der Waals surface area contributed by atoms with E-state index in [0.29, 0.717) is 6.10 Å². The first-order valence-corrected chi connectivity index (χ1v) is 7.11.